The van der Waals surface area contributed by atoms with Crippen molar-refractivity contribution in [2.24, 2.45) is 10.9 Å². The van der Waals surface area contributed by atoms with Crippen molar-refractivity contribution < 1.29 is 24.3 Å². The van der Waals surface area contributed by atoms with E-state index >= 15 is 0 Å². The van der Waals surface area contributed by atoms with Gasteiger partial charge in [0.25, 0.3) is 5.91 Å². The molecule has 0 bridgehead atoms. The van der Waals surface area contributed by atoms with Gasteiger partial charge in [-0.3, -0.25) is 14.4 Å². The summed E-state index contributed by atoms with van der Waals surface area (Å²) in [5.74, 6) is -3.16. The highest BCUT2D eigenvalue weighted by atomic mass is 32.2. The molecular formula is C15H15N3O5S. The van der Waals surface area contributed by atoms with Crippen molar-refractivity contribution in [2.45, 2.75) is 13.3 Å². The summed E-state index contributed by atoms with van der Waals surface area (Å²) in [6.07, 6.45) is 0.374. The lowest BCUT2D eigenvalue weighted by atomic mass is 10.0. The van der Waals surface area contributed by atoms with Gasteiger partial charge in [-0.2, -0.15) is 4.99 Å². The van der Waals surface area contributed by atoms with Crippen molar-refractivity contribution in [3.63, 3.8) is 0 Å². The third-order valence-electron chi connectivity index (χ3n) is 3.22. The minimum absolute atomic E-state index is 0.0517. The van der Waals surface area contributed by atoms with Crippen LogP contribution in [0.15, 0.2) is 29.3 Å². The molecule has 1 atom stereocenters. The van der Waals surface area contributed by atoms with E-state index in [-0.39, 0.29) is 22.4 Å². The van der Waals surface area contributed by atoms with E-state index in [0.29, 0.717) is 12.1 Å². The molecule has 126 valence electrons. The van der Waals surface area contributed by atoms with Gasteiger partial charge in [0.15, 0.2) is 5.17 Å². The molecule has 0 saturated carbocycles. The van der Waals surface area contributed by atoms with E-state index < -0.39 is 23.7 Å². The van der Waals surface area contributed by atoms with Gasteiger partial charge >= 0.3 is 5.97 Å². The maximum atomic E-state index is 11.9. The lowest BCUT2D eigenvalue weighted by Crippen LogP contribution is -2.42. The van der Waals surface area contributed by atoms with Gasteiger partial charge in [0.1, 0.15) is 5.92 Å². The molecule has 0 saturated heterocycles. The Bertz CT molecular complexity index is 714. The largest absolute Gasteiger partial charge is 0.478 e. The van der Waals surface area contributed by atoms with Crippen LogP contribution in [0.3, 0.4) is 0 Å². The number of rotatable bonds is 5. The molecule has 0 unspecified atom stereocenters. The number of aromatic carboxylic acids is 1. The number of hydrogen-bond acceptors (Lipinski definition) is 5. The van der Waals surface area contributed by atoms with Crippen molar-refractivity contribution >= 4 is 46.3 Å². The average Bonchev–Trinajstić information content (AvgIpc) is 2.53. The summed E-state index contributed by atoms with van der Waals surface area (Å²) >= 11 is 0.944. The lowest BCUT2D eigenvalue weighted by molar-refractivity contribution is -0.133. The van der Waals surface area contributed by atoms with Gasteiger partial charge < -0.3 is 15.7 Å². The minimum Gasteiger partial charge on any atom is -0.478 e. The van der Waals surface area contributed by atoms with Crippen LogP contribution in [0.25, 0.3) is 0 Å². The van der Waals surface area contributed by atoms with Crippen LogP contribution in [0.1, 0.15) is 23.7 Å². The maximum Gasteiger partial charge on any atom is 0.335 e. The van der Waals surface area contributed by atoms with Crippen molar-refractivity contribution in [1.82, 2.24) is 5.32 Å². The van der Waals surface area contributed by atoms with Crippen LogP contribution in [0.2, 0.25) is 0 Å². The zero-order valence-electron chi connectivity index (χ0n) is 12.7. The highest BCUT2D eigenvalue weighted by Crippen LogP contribution is 2.15. The number of carboxylic acids is 1. The summed E-state index contributed by atoms with van der Waals surface area (Å²) in [4.78, 5) is 49.7. The normalized spacial score (nSPS) is 17.0. The van der Waals surface area contributed by atoms with Gasteiger partial charge in [-0.1, -0.05) is 18.7 Å². The number of benzene rings is 1. The van der Waals surface area contributed by atoms with Crippen LogP contribution in [-0.4, -0.2) is 39.7 Å². The Morgan fingerprint density at radius 2 is 1.96 bits per heavy atom. The summed E-state index contributed by atoms with van der Waals surface area (Å²) in [5.41, 5.74) is 0.563. The van der Waals surface area contributed by atoms with Gasteiger partial charge in [-0.05, 0) is 30.7 Å². The zero-order chi connectivity index (χ0) is 17.7. The molecule has 0 radical (unpaired) electrons. The molecule has 1 heterocycles. The molecule has 0 aliphatic carbocycles. The molecule has 0 aromatic heterocycles. The number of anilines is 1. The quantitative estimate of drug-likeness (QED) is 0.684. The van der Waals surface area contributed by atoms with Crippen LogP contribution < -0.4 is 10.6 Å². The minimum atomic E-state index is -1.05. The fourth-order valence-electron chi connectivity index (χ4n) is 1.97. The molecule has 9 heteroatoms. The average molecular weight is 349 g/mol. The molecule has 1 aliphatic heterocycles. The summed E-state index contributed by atoms with van der Waals surface area (Å²) < 4.78 is 0. The number of carbonyl (C=O) groups excluding carboxylic acids is 3. The second-order valence-electron chi connectivity index (χ2n) is 4.92. The van der Waals surface area contributed by atoms with Gasteiger partial charge in [-0.25, -0.2) is 4.79 Å². The standard InChI is InChI=1S/C15H15N3O5S/c1-2-10-12(20)17-15(18-13(10)21)24-7-11(19)16-9-5-3-8(4-6-9)14(22)23/h3-6,10H,2,7H2,1H3,(H,16,19)(H,22,23)(H,17,18,20,21). The number of nitrogens with zero attached hydrogens (tertiary/aromatic N) is 1. The second-order valence-corrected chi connectivity index (χ2v) is 5.89. The Morgan fingerprint density at radius 1 is 1.29 bits per heavy atom. The van der Waals surface area contributed by atoms with Crippen molar-refractivity contribution in [3.8, 4) is 0 Å². The Kier molecular flexibility index (Phi) is 5.69. The van der Waals surface area contributed by atoms with Gasteiger partial charge in [0.2, 0.25) is 11.8 Å². The number of carboxylic acid groups (broad SMARTS) is 1. The third-order valence-corrected chi connectivity index (χ3v) is 4.09. The first-order chi connectivity index (χ1) is 11.4. The monoisotopic (exact) mass is 349 g/mol. The number of amides is 3. The Labute approximate surface area is 141 Å². The fraction of sp³-hybridized carbons (Fsp3) is 0.267. The molecule has 0 spiro atoms. The van der Waals surface area contributed by atoms with Crippen LogP contribution in [0, 0.1) is 5.92 Å². The molecule has 24 heavy (non-hydrogen) atoms. The molecule has 1 aliphatic rings. The molecular weight excluding hydrogens is 334 g/mol. The SMILES string of the molecule is CC[C@H]1C(=O)N=C(SCC(=O)Nc2ccc(C(=O)O)cc2)NC1=O. The van der Waals surface area contributed by atoms with E-state index in [0.717, 1.165) is 11.8 Å². The van der Waals surface area contributed by atoms with E-state index in [2.05, 4.69) is 15.6 Å². The molecule has 2 rings (SSSR count). The van der Waals surface area contributed by atoms with Gasteiger partial charge in [0.05, 0.1) is 11.3 Å². The molecule has 0 fully saturated rings. The van der Waals surface area contributed by atoms with Crippen LogP contribution in [0.4, 0.5) is 5.69 Å². The number of aliphatic imine (C=N–C) groups is 1. The Balaban J connectivity index is 1.88. The topological polar surface area (TPSA) is 125 Å². The third kappa shape index (κ3) is 4.42. The van der Waals surface area contributed by atoms with Crippen molar-refractivity contribution in [1.29, 1.82) is 0 Å². The van der Waals surface area contributed by atoms with E-state index in [1.165, 1.54) is 24.3 Å². The van der Waals surface area contributed by atoms with E-state index in [4.69, 9.17) is 5.11 Å². The molecule has 1 aromatic rings. The molecule has 3 N–H and O–H groups in total. The second kappa shape index (κ2) is 7.73. The first kappa shape index (κ1) is 17.7. The van der Waals surface area contributed by atoms with E-state index in [1.54, 1.807) is 6.92 Å². The van der Waals surface area contributed by atoms with Crippen molar-refractivity contribution in [3.05, 3.63) is 29.8 Å². The predicted octanol–water partition coefficient (Wildman–Crippen LogP) is 1.10. The Hall–Kier alpha value is -2.68. The Morgan fingerprint density at radius 3 is 2.50 bits per heavy atom. The van der Waals surface area contributed by atoms with Gasteiger partial charge in [-0.15, -0.1) is 0 Å². The van der Waals surface area contributed by atoms with Crippen molar-refractivity contribution in [2.75, 3.05) is 11.1 Å². The maximum absolute atomic E-state index is 11.9. The van der Waals surface area contributed by atoms with E-state index in [9.17, 15) is 19.2 Å². The summed E-state index contributed by atoms with van der Waals surface area (Å²) in [6.45, 7) is 1.72. The van der Waals surface area contributed by atoms with Crippen LogP contribution in [-0.2, 0) is 14.4 Å². The number of nitrogens with one attached hydrogen (secondary N) is 2. The predicted molar refractivity (Wildman–Crippen MR) is 88.9 cm³/mol. The van der Waals surface area contributed by atoms with E-state index in [1.807, 2.05) is 0 Å². The first-order valence-electron chi connectivity index (χ1n) is 7.10. The number of amidine groups is 1. The summed E-state index contributed by atoms with van der Waals surface area (Å²) in [7, 11) is 0. The highest BCUT2D eigenvalue weighted by molar-refractivity contribution is 8.14. The summed E-state index contributed by atoms with van der Waals surface area (Å²) in [6, 6.07) is 5.70. The molecule has 8 nitrogen and oxygen atoms in total. The fourth-order valence-corrected chi connectivity index (χ4v) is 2.63. The lowest BCUT2D eigenvalue weighted by Gasteiger charge is -2.18. The zero-order valence-corrected chi connectivity index (χ0v) is 13.6. The smallest absolute Gasteiger partial charge is 0.335 e. The molecule has 3 amide bonds. The van der Waals surface area contributed by atoms with Gasteiger partial charge in [0, 0.05) is 5.69 Å². The summed E-state index contributed by atoms with van der Waals surface area (Å²) in [5, 5.41) is 14.0. The number of hydrogen-bond donors (Lipinski definition) is 3. The number of carbonyl (C=O) groups is 4. The highest BCUT2D eigenvalue weighted by Gasteiger charge is 2.30. The van der Waals surface area contributed by atoms with Crippen LogP contribution in [0.5, 0.6) is 0 Å². The molecule has 1 aromatic carbocycles. The van der Waals surface area contributed by atoms with Crippen LogP contribution >= 0.6 is 11.8 Å². The first-order valence-corrected chi connectivity index (χ1v) is 8.08. The number of thioether (sulfide) groups is 1.